The molecule has 1 N–H and O–H groups in total. The fourth-order valence-electron chi connectivity index (χ4n) is 3.54. The molecule has 0 spiro atoms. The average Bonchev–Trinajstić information content (AvgIpc) is 3.07. The minimum atomic E-state index is -0.100. The van der Waals surface area contributed by atoms with Crippen LogP contribution in [0.15, 0.2) is 24.3 Å². The number of urea groups is 1. The fraction of sp³-hybridized carbons (Fsp3) is 0.632. The highest BCUT2D eigenvalue weighted by Crippen LogP contribution is 2.22. The Morgan fingerprint density at radius 3 is 2.52 bits per heavy atom. The minimum Gasteiger partial charge on any atom is -0.376 e. The number of anilines is 2. The molecule has 0 aromatic heterocycles. The number of nitrogens with one attached hydrogen (secondary N) is 1. The summed E-state index contributed by atoms with van der Waals surface area (Å²) in [5.74, 6) is 0. The molecule has 1 aromatic carbocycles. The first-order valence-electron chi connectivity index (χ1n) is 9.15. The third-order valence-corrected chi connectivity index (χ3v) is 4.75. The highest BCUT2D eigenvalue weighted by atomic mass is 16.5. The molecule has 25 heavy (non-hydrogen) atoms. The van der Waals surface area contributed by atoms with Gasteiger partial charge in [0.05, 0.1) is 18.3 Å². The molecular formula is C19H29N3O3. The van der Waals surface area contributed by atoms with Crippen LogP contribution in [-0.2, 0) is 9.47 Å². The first kappa shape index (κ1) is 18.0. The van der Waals surface area contributed by atoms with Gasteiger partial charge in [-0.25, -0.2) is 4.79 Å². The van der Waals surface area contributed by atoms with E-state index >= 15 is 0 Å². The molecule has 0 aliphatic carbocycles. The lowest BCUT2D eigenvalue weighted by atomic mass is 10.2. The number of hydrogen-bond acceptors (Lipinski definition) is 4. The first-order chi connectivity index (χ1) is 12.0. The number of carbonyl (C=O) groups excluding carboxylic acids is 1. The Morgan fingerprint density at radius 2 is 1.92 bits per heavy atom. The quantitative estimate of drug-likeness (QED) is 0.910. The fourth-order valence-corrected chi connectivity index (χ4v) is 3.54. The standard InChI is InChI=1S/C19H29N3O3/c1-14-11-22(12-15(2)25-14)17-8-6-16(7-9-17)20-19(23)21(3)13-18-5-4-10-24-18/h6-9,14-15,18H,4-5,10-13H2,1-3H3,(H,20,23)/t14-,15+,18-/m1/s1. The lowest BCUT2D eigenvalue weighted by Gasteiger charge is -2.36. The molecule has 138 valence electrons. The summed E-state index contributed by atoms with van der Waals surface area (Å²) >= 11 is 0. The maximum absolute atomic E-state index is 12.3. The van der Waals surface area contributed by atoms with Crippen LogP contribution in [-0.4, -0.2) is 62.5 Å². The van der Waals surface area contributed by atoms with E-state index in [4.69, 9.17) is 9.47 Å². The summed E-state index contributed by atoms with van der Waals surface area (Å²) < 4.78 is 11.4. The third kappa shape index (κ3) is 4.86. The van der Waals surface area contributed by atoms with Crippen LogP contribution in [0, 0.1) is 0 Å². The molecule has 3 rings (SSSR count). The number of benzene rings is 1. The van der Waals surface area contributed by atoms with Gasteiger partial charge in [-0.15, -0.1) is 0 Å². The number of morpholine rings is 1. The number of amides is 2. The van der Waals surface area contributed by atoms with Gasteiger partial charge >= 0.3 is 6.03 Å². The van der Waals surface area contributed by atoms with Crippen molar-refractivity contribution in [3.8, 4) is 0 Å². The zero-order chi connectivity index (χ0) is 17.8. The molecule has 1 aromatic rings. The number of nitrogens with zero attached hydrogens (tertiary/aromatic N) is 2. The van der Waals surface area contributed by atoms with Gasteiger partial charge in [0, 0.05) is 44.7 Å². The molecule has 0 unspecified atom stereocenters. The smallest absolute Gasteiger partial charge is 0.321 e. The number of ether oxygens (including phenoxy) is 2. The Balaban J connectivity index is 1.54. The third-order valence-electron chi connectivity index (χ3n) is 4.75. The summed E-state index contributed by atoms with van der Waals surface area (Å²) in [6.07, 6.45) is 2.75. The van der Waals surface area contributed by atoms with E-state index in [2.05, 4.69) is 36.2 Å². The maximum Gasteiger partial charge on any atom is 0.321 e. The second-order valence-electron chi connectivity index (χ2n) is 7.15. The normalized spacial score (nSPS) is 26.5. The Labute approximate surface area is 150 Å². The SMILES string of the molecule is C[C@@H]1CN(c2ccc(NC(=O)N(C)C[C@H]3CCCO3)cc2)C[C@H](C)O1. The van der Waals surface area contributed by atoms with Gasteiger partial charge < -0.3 is 24.6 Å². The van der Waals surface area contributed by atoms with E-state index in [0.717, 1.165) is 43.9 Å². The first-order valence-corrected chi connectivity index (χ1v) is 9.15. The van der Waals surface area contributed by atoms with Crippen LogP contribution in [0.25, 0.3) is 0 Å². The van der Waals surface area contributed by atoms with Crippen LogP contribution in [0.4, 0.5) is 16.2 Å². The van der Waals surface area contributed by atoms with Crippen LogP contribution in [0.2, 0.25) is 0 Å². The Hall–Kier alpha value is -1.79. The lowest BCUT2D eigenvalue weighted by molar-refractivity contribution is -0.00521. The van der Waals surface area contributed by atoms with E-state index < -0.39 is 0 Å². The molecule has 0 bridgehead atoms. The van der Waals surface area contributed by atoms with Gasteiger partial charge in [0.15, 0.2) is 0 Å². The lowest BCUT2D eigenvalue weighted by Crippen LogP contribution is -2.45. The topological polar surface area (TPSA) is 54.0 Å². The van der Waals surface area contributed by atoms with Crippen molar-refractivity contribution < 1.29 is 14.3 Å². The van der Waals surface area contributed by atoms with E-state index in [9.17, 15) is 4.79 Å². The zero-order valence-corrected chi connectivity index (χ0v) is 15.4. The molecule has 0 saturated carbocycles. The van der Waals surface area contributed by atoms with E-state index in [1.807, 2.05) is 19.2 Å². The predicted octanol–water partition coefficient (Wildman–Crippen LogP) is 2.94. The van der Waals surface area contributed by atoms with Crippen LogP contribution >= 0.6 is 0 Å². The molecule has 2 saturated heterocycles. The molecule has 2 aliphatic heterocycles. The van der Waals surface area contributed by atoms with Crippen LogP contribution in [0.3, 0.4) is 0 Å². The van der Waals surface area contributed by atoms with Crippen molar-refractivity contribution in [3.63, 3.8) is 0 Å². The number of carbonyl (C=O) groups is 1. The monoisotopic (exact) mass is 347 g/mol. The van der Waals surface area contributed by atoms with Gasteiger partial charge in [0.2, 0.25) is 0 Å². The van der Waals surface area contributed by atoms with E-state index in [-0.39, 0.29) is 24.3 Å². The summed E-state index contributed by atoms with van der Waals surface area (Å²) in [5, 5.41) is 2.95. The van der Waals surface area contributed by atoms with Crippen molar-refractivity contribution in [1.29, 1.82) is 0 Å². The van der Waals surface area contributed by atoms with Gasteiger partial charge in [-0.3, -0.25) is 0 Å². The highest BCUT2D eigenvalue weighted by Gasteiger charge is 2.23. The summed E-state index contributed by atoms with van der Waals surface area (Å²) in [6.45, 7) is 7.41. The number of likely N-dealkylation sites (N-methyl/N-ethyl adjacent to an activating group) is 1. The second kappa shape index (κ2) is 8.06. The number of rotatable bonds is 4. The molecule has 2 heterocycles. The van der Waals surface area contributed by atoms with Gasteiger partial charge in [0.1, 0.15) is 0 Å². The van der Waals surface area contributed by atoms with Crippen LogP contribution in [0.5, 0.6) is 0 Å². The van der Waals surface area contributed by atoms with Crippen molar-refractivity contribution in [2.75, 3.05) is 43.5 Å². The van der Waals surface area contributed by atoms with Gasteiger partial charge in [-0.2, -0.15) is 0 Å². The Morgan fingerprint density at radius 1 is 1.24 bits per heavy atom. The summed E-state index contributed by atoms with van der Waals surface area (Å²) in [6, 6.07) is 7.92. The van der Waals surface area contributed by atoms with Gasteiger partial charge in [-0.1, -0.05) is 0 Å². The van der Waals surface area contributed by atoms with E-state index in [1.165, 1.54) is 0 Å². The molecule has 3 atom stereocenters. The largest absolute Gasteiger partial charge is 0.376 e. The number of hydrogen-bond donors (Lipinski definition) is 1. The molecule has 2 aliphatic rings. The van der Waals surface area contributed by atoms with Crippen molar-refractivity contribution in [3.05, 3.63) is 24.3 Å². The van der Waals surface area contributed by atoms with E-state index in [0.29, 0.717) is 6.54 Å². The van der Waals surface area contributed by atoms with E-state index in [1.54, 1.807) is 4.90 Å². The van der Waals surface area contributed by atoms with Crippen LogP contribution < -0.4 is 10.2 Å². The minimum absolute atomic E-state index is 0.100. The summed E-state index contributed by atoms with van der Waals surface area (Å²) in [5.41, 5.74) is 1.97. The maximum atomic E-state index is 12.3. The Kier molecular flexibility index (Phi) is 5.81. The van der Waals surface area contributed by atoms with Crippen molar-refractivity contribution in [2.24, 2.45) is 0 Å². The second-order valence-corrected chi connectivity index (χ2v) is 7.15. The molecule has 2 amide bonds. The van der Waals surface area contributed by atoms with Crippen molar-refractivity contribution in [2.45, 2.75) is 45.0 Å². The molecule has 6 heteroatoms. The van der Waals surface area contributed by atoms with Crippen molar-refractivity contribution >= 4 is 17.4 Å². The van der Waals surface area contributed by atoms with Gasteiger partial charge in [0.25, 0.3) is 0 Å². The molecular weight excluding hydrogens is 318 g/mol. The molecule has 0 radical (unpaired) electrons. The average molecular weight is 347 g/mol. The summed E-state index contributed by atoms with van der Waals surface area (Å²) in [4.78, 5) is 16.3. The summed E-state index contributed by atoms with van der Waals surface area (Å²) in [7, 11) is 1.81. The highest BCUT2D eigenvalue weighted by molar-refractivity contribution is 5.89. The Bertz CT molecular complexity index is 562. The predicted molar refractivity (Wildman–Crippen MR) is 99.3 cm³/mol. The molecule has 2 fully saturated rings. The zero-order valence-electron chi connectivity index (χ0n) is 15.4. The van der Waals surface area contributed by atoms with Gasteiger partial charge in [-0.05, 0) is 51.0 Å². The molecule has 6 nitrogen and oxygen atoms in total. The van der Waals surface area contributed by atoms with Crippen molar-refractivity contribution in [1.82, 2.24) is 4.90 Å². The van der Waals surface area contributed by atoms with Crippen LogP contribution in [0.1, 0.15) is 26.7 Å².